The van der Waals surface area contributed by atoms with Gasteiger partial charge in [0.05, 0.1) is 0 Å². The molecule has 0 saturated carbocycles. The molecular weight excluding hydrogens is 408 g/mol. The molecule has 4 heteroatoms. The molecule has 0 atom stereocenters. The van der Waals surface area contributed by atoms with E-state index in [2.05, 4.69) is 24.3 Å². The van der Waals surface area contributed by atoms with E-state index in [9.17, 15) is 10.2 Å². The van der Waals surface area contributed by atoms with Gasteiger partial charge in [0.2, 0.25) is 0 Å². The van der Waals surface area contributed by atoms with E-state index in [0.717, 1.165) is 20.9 Å². The van der Waals surface area contributed by atoms with Crippen molar-refractivity contribution in [2.45, 2.75) is 22.6 Å². The summed E-state index contributed by atoms with van der Waals surface area (Å²) in [6.07, 6.45) is 1.40. The summed E-state index contributed by atoms with van der Waals surface area (Å²) in [5.74, 6) is 0.644. The minimum Gasteiger partial charge on any atom is -0.508 e. The maximum absolute atomic E-state index is 10.2. The predicted molar refractivity (Wildman–Crippen MR) is 126 cm³/mol. The average molecular weight is 431 g/mol. The second-order valence-electron chi connectivity index (χ2n) is 7.07. The van der Waals surface area contributed by atoms with Gasteiger partial charge >= 0.3 is 0 Å². The molecule has 4 rings (SSSR count). The summed E-state index contributed by atoms with van der Waals surface area (Å²) in [6, 6.07) is 31.8. The monoisotopic (exact) mass is 430 g/mol. The van der Waals surface area contributed by atoms with Crippen LogP contribution in [-0.2, 0) is 12.8 Å². The van der Waals surface area contributed by atoms with Gasteiger partial charge < -0.3 is 10.2 Å². The van der Waals surface area contributed by atoms with Crippen molar-refractivity contribution in [2.75, 3.05) is 0 Å². The zero-order valence-corrected chi connectivity index (χ0v) is 18.0. The van der Waals surface area contributed by atoms with Crippen LogP contribution in [0.2, 0.25) is 0 Å². The maximum atomic E-state index is 10.2. The fraction of sp³-hybridized carbons (Fsp3) is 0.0769. The molecular formula is C26H22O2S2. The van der Waals surface area contributed by atoms with E-state index in [-0.39, 0.29) is 0 Å². The molecule has 0 amide bonds. The number of phenols is 2. The number of hydrogen-bond acceptors (Lipinski definition) is 4. The van der Waals surface area contributed by atoms with Gasteiger partial charge in [-0.2, -0.15) is 0 Å². The maximum Gasteiger partial charge on any atom is 0.119 e. The van der Waals surface area contributed by atoms with Crippen molar-refractivity contribution in [3.05, 3.63) is 119 Å². The first-order valence-electron chi connectivity index (χ1n) is 9.73. The predicted octanol–water partition coefficient (Wildman–Crippen LogP) is 7.08. The molecule has 0 aliphatic rings. The molecule has 0 aliphatic heterocycles. The van der Waals surface area contributed by atoms with E-state index in [0.29, 0.717) is 24.3 Å². The molecule has 0 fully saturated rings. The third-order valence-corrected chi connectivity index (χ3v) is 7.19. The van der Waals surface area contributed by atoms with E-state index < -0.39 is 0 Å². The molecule has 30 heavy (non-hydrogen) atoms. The smallest absolute Gasteiger partial charge is 0.119 e. The lowest BCUT2D eigenvalue weighted by atomic mass is 10.0. The van der Waals surface area contributed by atoms with Crippen LogP contribution in [0.25, 0.3) is 0 Å². The Morgan fingerprint density at radius 1 is 0.500 bits per heavy atom. The Morgan fingerprint density at radius 3 is 1.30 bits per heavy atom. The SMILES string of the molecule is Oc1ccc(SSc2ccc(O)c(Cc3ccccc3)c2)cc1Cc1ccccc1. The van der Waals surface area contributed by atoms with E-state index >= 15 is 0 Å². The molecule has 0 heterocycles. The van der Waals surface area contributed by atoms with Gasteiger partial charge in [-0.15, -0.1) is 0 Å². The Hall–Kier alpha value is -2.82. The van der Waals surface area contributed by atoms with Gasteiger partial charge in [-0.1, -0.05) is 82.3 Å². The minimum absolute atomic E-state index is 0.322. The highest BCUT2D eigenvalue weighted by atomic mass is 33.1. The van der Waals surface area contributed by atoms with Crippen LogP contribution < -0.4 is 0 Å². The highest BCUT2D eigenvalue weighted by Crippen LogP contribution is 2.40. The summed E-state index contributed by atoms with van der Waals surface area (Å²) in [6.45, 7) is 0. The van der Waals surface area contributed by atoms with Gasteiger partial charge in [0.15, 0.2) is 0 Å². The zero-order valence-electron chi connectivity index (χ0n) is 16.4. The number of phenolic OH excluding ortho intramolecular Hbond substituents is 2. The second-order valence-corrected chi connectivity index (χ2v) is 9.35. The first kappa shape index (κ1) is 20.5. The van der Waals surface area contributed by atoms with Crippen LogP contribution in [0.3, 0.4) is 0 Å². The number of hydrogen-bond donors (Lipinski definition) is 2. The van der Waals surface area contributed by atoms with Gasteiger partial charge in [0, 0.05) is 22.6 Å². The van der Waals surface area contributed by atoms with E-state index in [1.165, 1.54) is 11.1 Å². The Kier molecular flexibility index (Phi) is 6.67. The molecule has 2 N–H and O–H groups in total. The summed E-state index contributed by atoms with van der Waals surface area (Å²) >= 11 is 0. The van der Waals surface area contributed by atoms with Gasteiger partial charge in [0.25, 0.3) is 0 Å². The van der Waals surface area contributed by atoms with Crippen molar-refractivity contribution in [3.8, 4) is 11.5 Å². The average Bonchev–Trinajstić information content (AvgIpc) is 2.78. The van der Waals surface area contributed by atoms with Crippen molar-refractivity contribution in [1.29, 1.82) is 0 Å². The quantitative estimate of drug-likeness (QED) is 0.307. The van der Waals surface area contributed by atoms with Crippen LogP contribution >= 0.6 is 21.6 Å². The molecule has 0 saturated heterocycles. The van der Waals surface area contributed by atoms with Crippen LogP contribution in [0.15, 0.2) is 107 Å². The summed E-state index contributed by atoms with van der Waals surface area (Å²) < 4.78 is 0. The fourth-order valence-electron chi connectivity index (χ4n) is 3.24. The lowest BCUT2D eigenvalue weighted by Gasteiger charge is -2.09. The normalized spacial score (nSPS) is 10.8. The molecule has 2 nitrogen and oxygen atoms in total. The summed E-state index contributed by atoms with van der Waals surface area (Å²) in [4.78, 5) is 2.17. The van der Waals surface area contributed by atoms with Crippen molar-refractivity contribution in [2.24, 2.45) is 0 Å². The standard InChI is InChI=1S/C26H22O2S2/c27-25-13-11-23(17-21(25)15-19-7-3-1-4-8-19)29-30-24-12-14-26(28)22(18-24)16-20-9-5-2-6-10-20/h1-14,17-18,27-28H,15-16H2. The lowest BCUT2D eigenvalue weighted by Crippen LogP contribution is -1.89. The van der Waals surface area contributed by atoms with Crippen LogP contribution in [0, 0.1) is 0 Å². The van der Waals surface area contributed by atoms with Crippen molar-refractivity contribution < 1.29 is 10.2 Å². The molecule has 0 bridgehead atoms. The van der Waals surface area contributed by atoms with Gasteiger partial charge in [0.1, 0.15) is 11.5 Å². The Morgan fingerprint density at radius 2 is 0.900 bits per heavy atom. The highest BCUT2D eigenvalue weighted by molar-refractivity contribution is 8.76. The van der Waals surface area contributed by atoms with E-state index in [1.807, 2.05) is 60.7 Å². The first-order valence-corrected chi connectivity index (χ1v) is 11.9. The molecule has 0 aliphatic carbocycles. The summed E-state index contributed by atoms with van der Waals surface area (Å²) in [7, 11) is 3.30. The van der Waals surface area contributed by atoms with E-state index in [1.54, 1.807) is 33.7 Å². The second kappa shape index (κ2) is 9.79. The van der Waals surface area contributed by atoms with Crippen molar-refractivity contribution >= 4 is 21.6 Å². The Balaban J connectivity index is 1.45. The molecule has 0 unspecified atom stereocenters. The Labute approximate surface area is 185 Å². The number of benzene rings is 4. The van der Waals surface area contributed by atoms with E-state index in [4.69, 9.17) is 0 Å². The topological polar surface area (TPSA) is 40.5 Å². The van der Waals surface area contributed by atoms with Crippen LogP contribution in [0.4, 0.5) is 0 Å². The fourth-order valence-corrected chi connectivity index (χ4v) is 5.26. The zero-order chi connectivity index (χ0) is 20.8. The number of rotatable bonds is 7. The highest BCUT2D eigenvalue weighted by Gasteiger charge is 2.08. The van der Waals surface area contributed by atoms with Crippen LogP contribution in [0.1, 0.15) is 22.3 Å². The molecule has 150 valence electrons. The molecule has 4 aromatic carbocycles. The summed E-state index contributed by atoms with van der Waals surface area (Å²) in [5.41, 5.74) is 4.18. The summed E-state index contributed by atoms with van der Waals surface area (Å²) in [5, 5.41) is 20.5. The third kappa shape index (κ3) is 5.41. The van der Waals surface area contributed by atoms with Crippen LogP contribution in [0.5, 0.6) is 11.5 Å². The van der Waals surface area contributed by atoms with Gasteiger partial charge in [-0.3, -0.25) is 0 Å². The Bertz CT molecular complexity index is 1020. The largest absolute Gasteiger partial charge is 0.508 e. The van der Waals surface area contributed by atoms with Gasteiger partial charge in [-0.05, 0) is 58.7 Å². The first-order chi connectivity index (χ1) is 14.7. The molecule has 4 aromatic rings. The molecule has 0 aromatic heterocycles. The van der Waals surface area contributed by atoms with Crippen LogP contribution in [-0.4, -0.2) is 10.2 Å². The lowest BCUT2D eigenvalue weighted by molar-refractivity contribution is 0.468. The minimum atomic E-state index is 0.322. The molecule has 0 radical (unpaired) electrons. The van der Waals surface area contributed by atoms with Crippen molar-refractivity contribution in [3.63, 3.8) is 0 Å². The van der Waals surface area contributed by atoms with Crippen molar-refractivity contribution in [1.82, 2.24) is 0 Å². The third-order valence-electron chi connectivity index (χ3n) is 4.81. The number of aromatic hydroxyl groups is 2. The van der Waals surface area contributed by atoms with Gasteiger partial charge in [-0.25, -0.2) is 0 Å². The molecule has 0 spiro atoms.